The summed E-state index contributed by atoms with van der Waals surface area (Å²) in [6, 6.07) is 4.86. The number of hydrogen-bond acceptors (Lipinski definition) is 2. The number of piperidine rings is 1. The molecule has 1 aliphatic heterocycles. The van der Waals surface area contributed by atoms with Crippen molar-refractivity contribution >= 4 is 0 Å². The Bertz CT molecular complexity index is 321. The summed E-state index contributed by atoms with van der Waals surface area (Å²) in [6.45, 7) is 0.930. The maximum absolute atomic E-state index is 13.5. The second kappa shape index (κ2) is 3.96. The molecule has 1 saturated heterocycles. The zero-order chi connectivity index (χ0) is 9.97. The summed E-state index contributed by atoms with van der Waals surface area (Å²) in [5.41, 5.74) is 0.588. The van der Waals surface area contributed by atoms with Crippen LogP contribution in [0.5, 0.6) is 5.75 Å². The molecule has 3 heteroatoms. The molecule has 2 N–H and O–H groups in total. The quantitative estimate of drug-likeness (QED) is 0.721. The van der Waals surface area contributed by atoms with E-state index in [9.17, 15) is 9.50 Å². The van der Waals surface area contributed by atoms with Crippen molar-refractivity contribution in [3.63, 3.8) is 0 Å². The first-order valence-corrected chi connectivity index (χ1v) is 5.00. The average molecular weight is 195 g/mol. The Balaban J connectivity index is 2.26. The van der Waals surface area contributed by atoms with Crippen LogP contribution in [0.15, 0.2) is 18.2 Å². The minimum absolute atomic E-state index is 0.0656. The first-order chi connectivity index (χ1) is 6.79. The summed E-state index contributed by atoms with van der Waals surface area (Å²) in [7, 11) is 0. The van der Waals surface area contributed by atoms with Gasteiger partial charge in [0.2, 0.25) is 0 Å². The molecule has 2 rings (SSSR count). The summed E-state index contributed by atoms with van der Waals surface area (Å²) < 4.78 is 13.5. The molecule has 1 heterocycles. The molecule has 1 atom stereocenters. The van der Waals surface area contributed by atoms with Crippen molar-refractivity contribution in [1.82, 2.24) is 5.32 Å². The van der Waals surface area contributed by atoms with Gasteiger partial charge in [-0.3, -0.25) is 0 Å². The third-order valence-electron chi connectivity index (χ3n) is 2.69. The van der Waals surface area contributed by atoms with E-state index >= 15 is 0 Å². The van der Waals surface area contributed by atoms with Crippen LogP contribution in [0.3, 0.4) is 0 Å². The largest absolute Gasteiger partial charge is 0.505 e. The summed E-state index contributed by atoms with van der Waals surface area (Å²) in [4.78, 5) is 0. The molecule has 0 aromatic heterocycles. The molecule has 0 aliphatic carbocycles. The van der Waals surface area contributed by atoms with E-state index in [0.717, 1.165) is 25.8 Å². The van der Waals surface area contributed by atoms with Crippen LogP contribution in [0.1, 0.15) is 30.9 Å². The van der Waals surface area contributed by atoms with Gasteiger partial charge in [-0.2, -0.15) is 0 Å². The van der Waals surface area contributed by atoms with Crippen LogP contribution in [-0.2, 0) is 0 Å². The van der Waals surface area contributed by atoms with Crippen LogP contribution in [0.2, 0.25) is 0 Å². The first kappa shape index (κ1) is 9.46. The summed E-state index contributed by atoms with van der Waals surface area (Å²) in [6.07, 6.45) is 3.21. The van der Waals surface area contributed by atoms with Crippen LogP contribution in [0, 0.1) is 5.82 Å². The molecule has 0 spiro atoms. The molecule has 0 saturated carbocycles. The van der Waals surface area contributed by atoms with Gasteiger partial charge in [0.25, 0.3) is 0 Å². The molecule has 0 radical (unpaired) electrons. The zero-order valence-electron chi connectivity index (χ0n) is 7.96. The smallest absolute Gasteiger partial charge is 0.169 e. The fourth-order valence-electron chi connectivity index (χ4n) is 1.92. The van der Waals surface area contributed by atoms with E-state index < -0.39 is 5.82 Å². The summed E-state index contributed by atoms with van der Waals surface area (Å²) in [5.74, 6) is -0.734. The Hall–Kier alpha value is -1.09. The van der Waals surface area contributed by atoms with Crippen LogP contribution < -0.4 is 5.32 Å². The predicted octanol–water partition coefficient (Wildman–Crippen LogP) is 2.35. The molecule has 0 bridgehead atoms. The molecule has 2 nitrogen and oxygen atoms in total. The maximum atomic E-state index is 13.5. The second-order valence-electron chi connectivity index (χ2n) is 3.68. The van der Waals surface area contributed by atoms with Gasteiger partial charge in [0.1, 0.15) is 0 Å². The highest BCUT2D eigenvalue weighted by Gasteiger charge is 2.19. The van der Waals surface area contributed by atoms with E-state index in [1.54, 1.807) is 12.1 Å². The van der Waals surface area contributed by atoms with Crippen molar-refractivity contribution in [2.24, 2.45) is 0 Å². The predicted molar refractivity (Wildman–Crippen MR) is 52.7 cm³/mol. The Labute approximate surface area is 82.8 Å². The van der Waals surface area contributed by atoms with Gasteiger partial charge >= 0.3 is 0 Å². The van der Waals surface area contributed by atoms with Gasteiger partial charge in [-0.1, -0.05) is 18.6 Å². The molecular weight excluding hydrogens is 181 g/mol. The SMILES string of the molecule is Oc1cccc([C@H]2CCCCN2)c1F. The Morgan fingerprint density at radius 3 is 2.93 bits per heavy atom. The molecular formula is C11H14FNO. The van der Waals surface area contributed by atoms with Crippen molar-refractivity contribution in [2.45, 2.75) is 25.3 Å². The third kappa shape index (κ3) is 1.73. The van der Waals surface area contributed by atoms with Crippen molar-refractivity contribution in [1.29, 1.82) is 0 Å². The molecule has 1 fully saturated rings. The lowest BCUT2D eigenvalue weighted by atomic mass is 9.97. The number of benzene rings is 1. The standard InChI is InChI=1S/C11H14FNO/c12-11-8(4-3-6-10(11)14)9-5-1-2-7-13-9/h3-4,6,9,13-14H,1-2,5,7H2/t9-/m1/s1. The van der Waals surface area contributed by atoms with Gasteiger partial charge in [0.15, 0.2) is 11.6 Å². The van der Waals surface area contributed by atoms with Crippen LogP contribution in [0.25, 0.3) is 0 Å². The Kier molecular flexibility index (Phi) is 2.68. The van der Waals surface area contributed by atoms with Crippen LogP contribution >= 0.6 is 0 Å². The summed E-state index contributed by atoms with van der Waals surface area (Å²) in [5, 5.41) is 12.5. The fourth-order valence-corrected chi connectivity index (χ4v) is 1.92. The average Bonchev–Trinajstić information content (AvgIpc) is 2.23. The van der Waals surface area contributed by atoms with E-state index in [1.807, 2.05) is 0 Å². The lowest BCUT2D eigenvalue weighted by Gasteiger charge is -2.24. The molecule has 1 aromatic rings. The van der Waals surface area contributed by atoms with E-state index in [0.29, 0.717) is 5.56 Å². The lowest BCUT2D eigenvalue weighted by Crippen LogP contribution is -2.27. The highest BCUT2D eigenvalue weighted by molar-refractivity contribution is 5.32. The van der Waals surface area contributed by atoms with Crippen LogP contribution in [0.4, 0.5) is 4.39 Å². The van der Waals surface area contributed by atoms with Crippen molar-refractivity contribution < 1.29 is 9.50 Å². The fraction of sp³-hybridized carbons (Fsp3) is 0.455. The molecule has 76 valence electrons. The number of nitrogens with one attached hydrogen (secondary N) is 1. The van der Waals surface area contributed by atoms with Crippen LogP contribution in [-0.4, -0.2) is 11.7 Å². The van der Waals surface area contributed by atoms with E-state index in [2.05, 4.69) is 5.32 Å². The van der Waals surface area contributed by atoms with Crippen molar-refractivity contribution in [3.05, 3.63) is 29.6 Å². The monoisotopic (exact) mass is 195 g/mol. The zero-order valence-corrected chi connectivity index (χ0v) is 7.96. The molecule has 0 amide bonds. The van der Waals surface area contributed by atoms with Gasteiger partial charge in [-0.25, -0.2) is 4.39 Å². The van der Waals surface area contributed by atoms with Gasteiger partial charge in [-0.05, 0) is 25.5 Å². The topological polar surface area (TPSA) is 32.3 Å². The number of phenols is 1. The Morgan fingerprint density at radius 2 is 2.21 bits per heavy atom. The third-order valence-corrected chi connectivity index (χ3v) is 2.69. The number of hydrogen-bond donors (Lipinski definition) is 2. The first-order valence-electron chi connectivity index (χ1n) is 5.00. The Morgan fingerprint density at radius 1 is 1.36 bits per heavy atom. The van der Waals surface area contributed by atoms with Gasteiger partial charge in [0, 0.05) is 11.6 Å². The molecule has 1 aromatic carbocycles. The molecule has 14 heavy (non-hydrogen) atoms. The maximum Gasteiger partial charge on any atom is 0.169 e. The van der Waals surface area contributed by atoms with Gasteiger partial charge in [-0.15, -0.1) is 0 Å². The lowest BCUT2D eigenvalue weighted by molar-refractivity contribution is 0.383. The van der Waals surface area contributed by atoms with Gasteiger partial charge in [0.05, 0.1) is 0 Å². The summed E-state index contributed by atoms with van der Waals surface area (Å²) >= 11 is 0. The highest BCUT2D eigenvalue weighted by Crippen LogP contribution is 2.28. The van der Waals surface area contributed by atoms with Gasteiger partial charge < -0.3 is 10.4 Å². The minimum Gasteiger partial charge on any atom is -0.505 e. The number of aromatic hydroxyl groups is 1. The molecule has 1 aliphatic rings. The van der Waals surface area contributed by atoms with Crippen molar-refractivity contribution in [2.75, 3.05) is 6.54 Å². The van der Waals surface area contributed by atoms with E-state index in [1.165, 1.54) is 6.07 Å². The second-order valence-corrected chi connectivity index (χ2v) is 3.68. The number of phenolic OH excluding ortho intramolecular Hbond substituents is 1. The minimum atomic E-state index is -0.480. The van der Waals surface area contributed by atoms with E-state index in [-0.39, 0.29) is 11.8 Å². The van der Waals surface area contributed by atoms with Crippen molar-refractivity contribution in [3.8, 4) is 5.75 Å². The molecule has 0 unspecified atom stereocenters. The number of rotatable bonds is 1. The highest BCUT2D eigenvalue weighted by atomic mass is 19.1. The normalized spacial score (nSPS) is 22.2. The van der Waals surface area contributed by atoms with E-state index in [4.69, 9.17) is 0 Å². The number of halogens is 1.